The molecule has 1 aromatic carbocycles. The molecule has 7 heteroatoms. The van der Waals surface area contributed by atoms with Crippen LogP contribution in [0.1, 0.15) is 19.8 Å². The summed E-state index contributed by atoms with van der Waals surface area (Å²) in [5.74, 6) is 0. The molecule has 1 aromatic rings. The van der Waals surface area contributed by atoms with Gasteiger partial charge in [-0.15, -0.1) is 0 Å². The Morgan fingerprint density at radius 3 is 2.65 bits per heavy atom. The molecule has 0 saturated heterocycles. The molecule has 0 aliphatic carbocycles. The van der Waals surface area contributed by atoms with Gasteiger partial charge in [-0.3, -0.25) is 0 Å². The standard InChI is InChI=1S/C13H22N2O4S/c1-2-3-8-15-20(18,19)13-7-5-4-6-12(13)14-9-11(17)10-16/h4-7,11,14-17H,2-3,8-10H2,1H3. The van der Waals surface area contributed by atoms with Crippen LogP contribution in [0, 0.1) is 0 Å². The Morgan fingerprint density at radius 1 is 1.30 bits per heavy atom. The molecule has 0 saturated carbocycles. The molecule has 0 amide bonds. The summed E-state index contributed by atoms with van der Waals surface area (Å²) in [4.78, 5) is 0.140. The topological polar surface area (TPSA) is 98.7 Å². The van der Waals surface area contributed by atoms with Crippen molar-refractivity contribution >= 4 is 15.7 Å². The molecule has 0 fully saturated rings. The largest absolute Gasteiger partial charge is 0.394 e. The van der Waals surface area contributed by atoms with Gasteiger partial charge in [-0.1, -0.05) is 25.5 Å². The Balaban J connectivity index is 2.83. The first-order chi connectivity index (χ1) is 9.51. The van der Waals surface area contributed by atoms with Crippen LogP contribution < -0.4 is 10.0 Å². The van der Waals surface area contributed by atoms with Gasteiger partial charge in [0.05, 0.1) is 18.4 Å². The summed E-state index contributed by atoms with van der Waals surface area (Å²) in [7, 11) is -3.57. The Hall–Kier alpha value is -1.15. The Bertz CT molecular complexity index is 505. The van der Waals surface area contributed by atoms with Crippen molar-refractivity contribution in [2.75, 3.05) is 25.0 Å². The van der Waals surface area contributed by atoms with Crippen LogP contribution >= 0.6 is 0 Å². The number of rotatable bonds is 9. The van der Waals surface area contributed by atoms with Crippen molar-refractivity contribution in [2.24, 2.45) is 0 Å². The van der Waals surface area contributed by atoms with Gasteiger partial charge in [-0.05, 0) is 18.6 Å². The van der Waals surface area contributed by atoms with Gasteiger partial charge in [0.2, 0.25) is 10.0 Å². The molecule has 1 atom stereocenters. The molecule has 0 radical (unpaired) electrons. The molecular weight excluding hydrogens is 280 g/mol. The van der Waals surface area contributed by atoms with Crippen molar-refractivity contribution in [3.63, 3.8) is 0 Å². The maximum atomic E-state index is 12.2. The van der Waals surface area contributed by atoms with Gasteiger partial charge in [-0.2, -0.15) is 0 Å². The van der Waals surface area contributed by atoms with Gasteiger partial charge in [-0.25, -0.2) is 13.1 Å². The summed E-state index contributed by atoms with van der Waals surface area (Å²) in [6.07, 6.45) is 0.752. The molecule has 1 rings (SSSR count). The van der Waals surface area contributed by atoms with Crippen LogP contribution in [-0.2, 0) is 10.0 Å². The minimum Gasteiger partial charge on any atom is -0.394 e. The van der Waals surface area contributed by atoms with Crippen LogP contribution in [0.15, 0.2) is 29.2 Å². The van der Waals surface area contributed by atoms with Gasteiger partial charge >= 0.3 is 0 Å². The second kappa shape index (κ2) is 8.21. The smallest absolute Gasteiger partial charge is 0.242 e. The fraction of sp³-hybridized carbons (Fsp3) is 0.538. The highest BCUT2D eigenvalue weighted by Crippen LogP contribution is 2.20. The fourth-order valence-corrected chi connectivity index (χ4v) is 2.86. The van der Waals surface area contributed by atoms with Gasteiger partial charge in [0.15, 0.2) is 0 Å². The van der Waals surface area contributed by atoms with E-state index in [1.165, 1.54) is 6.07 Å². The van der Waals surface area contributed by atoms with E-state index in [4.69, 9.17) is 5.11 Å². The summed E-state index contributed by atoms with van der Waals surface area (Å²) >= 11 is 0. The van der Waals surface area contributed by atoms with E-state index in [2.05, 4.69) is 10.0 Å². The van der Waals surface area contributed by atoms with E-state index in [0.29, 0.717) is 12.2 Å². The molecule has 4 N–H and O–H groups in total. The number of sulfonamides is 1. The lowest BCUT2D eigenvalue weighted by molar-refractivity contribution is 0.105. The Morgan fingerprint density at radius 2 is 2.00 bits per heavy atom. The Labute approximate surface area is 119 Å². The third-order valence-corrected chi connectivity index (χ3v) is 4.26. The number of benzene rings is 1. The highest BCUT2D eigenvalue weighted by Gasteiger charge is 2.17. The van der Waals surface area contributed by atoms with E-state index >= 15 is 0 Å². The zero-order chi connectivity index (χ0) is 15.0. The summed E-state index contributed by atoms with van der Waals surface area (Å²) < 4.78 is 26.9. The molecule has 114 valence electrons. The summed E-state index contributed by atoms with van der Waals surface area (Å²) in [6.45, 7) is 2.08. The number of aliphatic hydroxyl groups excluding tert-OH is 2. The van der Waals surface area contributed by atoms with Crippen LogP contribution in [-0.4, -0.2) is 44.4 Å². The zero-order valence-electron chi connectivity index (χ0n) is 11.5. The third-order valence-electron chi connectivity index (χ3n) is 2.74. The number of anilines is 1. The van der Waals surface area contributed by atoms with Gasteiger partial charge in [0.1, 0.15) is 4.90 Å². The lowest BCUT2D eigenvalue weighted by Gasteiger charge is -2.14. The van der Waals surface area contributed by atoms with E-state index < -0.39 is 16.1 Å². The van der Waals surface area contributed by atoms with Crippen LogP contribution in [0.3, 0.4) is 0 Å². The number of nitrogens with one attached hydrogen (secondary N) is 2. The van der Waals surface area contributed by atoms with Gasteiger partial charge in [0.25, 0.3) is 0 Å². The maximum absolute atomic E-state index is 12.2. The van der Waals surface area contributed by atoms with Crippen LogP contribution in [0.2, 0.25) is 0 Å². The average Bonchev–Trinajstić information content (AvgIpc) is 2.45. The minimum atomic E-state index is -3.57. The van der Waals surface area contributed by atoms with E-state index in [1.54, 1.807) is 18.2 Å². The number of hydrogen-bond donors (Lipinski definition) is 4. The second-order valence-corrected chi connectivity index (χ2v) is 6.20. The lowest BCUT2D eigenvalue weighted by atomic mass is 10.3. The molecule has 0 aliphatic rings. The first-order valence-electron chi connectivity index (χ1n) is 6.62. The minimum absolute atomic E-state index is 0.0813. The van der Waals surface area contributed by atoms with Crippen LogP contribution in [0.5, 0.6) is 0 Å². The van der Waals surface area contributed by atoms with Crippen LogP contribution in [0.4, 0.5) is 5.69 Å². The number of aliphatic hydroxyl groups is 2. The molecule has 0 spiro atoms. The number of hydrogen-bond acceptors (Lipinski definition) is 5. The first kappa shape index (κ1) is 16.9. The molecule has 20 heavy (non-hydrogen) atoms. The van der Waals surface area contributed by atoms with Crippen molar-refractivity contribution in [3.05, 3.63) is 24.3 Å². The normalized spacial score (nSPS) is 13.2. The van der Waals surface area contributed by atoms with E-state index in [1.807, 2.05) is 6.92 Å². The molecule has 1 unspecified atom stereocenters. The molecular formula is C13H22N2O4S. The number of para-hydroxylation sites is 1. The highest BCUT2D eigenvalue weighted by molar-refractivity contribution is 7.89. The van der Waals surface area contributed by atoms with Crippen LogP contribution in [0.25, 0.3) is 0 Å². The van der Waals surface area contributed by atoms with Gasteiger partial charge < -0.3 is 15.5 Å². The molecule has 0 bridgehead atoms. The Kier molecular flexibility index (Phi) is 6.94. The monoisotopic (exact) mass is 302 g/mol. The third kappa shape index (κ3) is 5.09. The average molecular weight is 302 g/mol. The molecule has 0 heterocycles. The van der Waals surface area contributed by atoms with E-state index in [9.17, 15) is 13.5 Å². The van der Waals surface area contributed by atoms with Crippen molar-refractivity contribution in [1.29, 1.82) is 0 Å². The lowest BCUT2D eigenvalue weighted by Crippen LogP contribution is -2.27. The maximum Gasteiger partial charge on any atom is 0.242 e. The fourth-order valence-electron chi connectivity index (χ4n) is 1.60. The molecule has 0 aromatic heterocycles. The second-order valence-electron chi connectivity index (χ2n) is 4.46. The number of unbranched alkanes of at least 4 members (excludes halogenated alkanes) is 1. The van der Waals surface area contributed by atoms with E-state index in [-0.39, 0.29) is 18.0 Å². The zero-order valence-corrected chi connectivity index (χ0v) is 12.4. The summed E-state index contributed by atoms with van der Waals surface area (Å²) in [5.41, 5.74) is 0.406. The SMILES string of the molecule is CCCCNS(=O)(=O)c1ccccc1NCC(O)CO. The quantitative estimate of drug-likeness (QED) is 0.499. The predicted octanol–water partition coefficient (Wildman–Crippen LogP) is 0.530. The molecule has 6 nitrogen and oxygen atoms in total. The van der Waals surface area contributed by atoms with Gasteiger partial charge in [0, 0.05) is 13.1 Å². The van der Waals surface area contributed by atoms with Crippen molar-refractivity contribution in [3.8, 4) is 0 Å². The van der Waals surface area contributed by atoms with Crippen molar-refractivity contribution in [2.45, 2.75) is 30.8 Å². The predicted molar refractivity (Wildman–Crippen MR) is 78.1 cm³/mol. The summed E-state index contributed by atoms with van der Waals surface area (Å²) in [6, 6.07) is 6.47. The van der Waals surface area contributed by atoms with E-state index in [0.717, 1.165) is 12.8 Å². The van der Waals surface area contributed by atoms with Crippen molar-refractivity contribution in [1.82, 2.24) is 4.72 Å². The van der Waals surface area contributed by atoms with Crippen molar-refractivity contribution < 1.29 is 18.6 Å². The highest BCUT2D eigenvalue weighted by atomic mass is 32.2. The first-order valence-corrected chi connectivity index (χ1v) is 8.11. The summed E-state index contributed by atoms with van der Waals surface area (Å²) in [5, 5.41) is 20.9. The molecule has 0 aliphatic heterocycles.